The molecular weight excluding hydrogens is 454 g/mol. The van der Waals surface area contributed by atoms with E-state index >= 15 is 0 Å². The fourth-order valence-electron chi connectivity index (χ4n) is 3.68. The number of nitrogens with one attached hydrogen (secondary N) is 1. The minimum absolute atomic E-state index is 0.140. The van der Waals surface area contributed by atoms with E-state index in [1.165, 1.54) is 7.11 Å². The third kappa shape index (κ3) is 6.83. The number of hydrogen-bond donors (Lipinski definition) is 2. The molecule has 3 aromatic rings. The molecule has 2 heterocycles. The zero-order valence-electron chi connectivity index (χ0n) is 19.6. The predicted molar refractivity (Wildman–Crippen MR) is 133 cm³/mol. The zero-order chi connectivity index (χ0) is 24.5. The normalized spacial score (nSPS) is 12.2. The lowest BCUT2D eigenvalue weighted by molar-refractivity contribution is 0.0393. The monoisotopic (exact) mass is 485 g/mol. The molecule has 0 fully saturated rings. The van der Waals surface area contributed by atoms with Crippen molar-refractivity contribution in [3.8, 4) is 0 Å². The quantitative estimate of drug-likeness (QED) is 0.217. The van der Waals surface area contributed by atoms with E-state index in [4.69, 9.17) is 9.47 Å². The van der Waals surface area contributed by atoms with Gasteiger partial charge in [0.15, 0.2) is 0 Å². The lowest BCUT2D eigenvalue weighted by Gasteiger charge is -2.24. The van der Waals surface area contributed by atoms with Gasteiger partial charge >= 0.3 is 5.97 Å². The highest BCUT2D eigenvalue weighted by Gasteiger charge is 2.21. The number of fused-ring (bicyclic) bond motifs is 1. The first-order valence-corrected chi connectivity index (χ1v) is 12.0. The molecule has 182 valence electrons. The Hall–Kier alpha value is -2.85. The second-order valence-corrected chi connectivity index (χ2v) is 9.05. The van der Waals surface area contributed by atoms with Crippen molar-refractivity contribution in [1.29, 1.82) is 0 Å². The number of H-pyrrole nitrogens is 1. The fourth-order valence-corrected chi connectivity index (χ4v) is 4.77. The highest BCUT2D eigenvalue weighted by atomic mass is 32.1. The zero-order valence-corrected chi connectivity index (χ0v) is 20.4. The summed E-state index contributed by atoms with van der Waals surface area (Å²) in [5.41, 5.74) is 1.36. The molecule has 0 aliphatic carbocycles. The Morgan fingerprint density at radius 2 is 2.06 bits per heavy atom. The van der Waals surface area contributed by atoms with Crippen molar-refractivity contribution < 1.29 is 19.4 Å². The number of aromatic nitrogens is 2. The van der Waals surface area contributed by atoms with Crippen molar-refractivity contribution in [1.82, 2.24) is 14.9 Å². The average molecular weight is 486 g/mol. The van der Waals surface area contributed by atoms with Crippen LogP contribution >= 0.6 is 11.3 Å². The van der Waals surface area contributed by atoms with Crippen LogP contribution in [-0.4, -0.2) is 58.9 Å². The molecule has 1 atom stereocenters. The molecule has 0 bridgehead atoms. The molecule has 1 unspecified atom stereocenters. The number of aliphatic hydroxyl groups is 1. The summed E-state index contributed by atoms with van der Waals surface area (Å²) in [6.45, 7) is 7.23. The lowest BCUT2D eigenvalue weighted by Crippen LogP contribution is -2.33. The van der Waals surface area contributed by atoms with Crippen molar-refractivity contribution in [2.24, 2.45) is 0 Å². The number of aromatic amines is 1. The van der Waals surface area contributed by atoms with Gasteiger partial charge in [0.2, 0.25) is 0 Å². The molecule has 0 saturated heterocycles. The van der Waals surface area contributed by atoms with E-state index in [0.717, 1.165) is 23.3 Å². The van der Waals surface area contributed by atoms with Gasteiger partial charge in [-0.3, -0.25) is 9.69 Å². The molecule has 3 rings (SSSR count). The number of benzene rings is 1. The highest BCUT2D eigenvalue weighted by Crippen LogP contribution is 2.28. The molecule has 0 radical (unpaired) electrons. The maximum absolute atomic E-state index is 12.9. The molecular formula is C25H31N3O5S. The summed E-state index contributed by atoms with van der Waals surface area (Å²) in [5.74, 6) is -0.0144. The predicted octanol–water partition coefficient (Wildman–Crippen LogP) is 3.43. The second-order valence-electron chi connectivity index (χ2n) is 8.05. The van der Waals surface area contributed by atoms with E-state index in [1.807, 2.05) is 35.2 Å². The first kappa shape index (κ1) is 25.8. The summed E-state index contributed by atoms with van der Waals surface area (Å²) in [6, 6.07) is 9.93. The van der Waals surface area contributed by atoms with Crippen molar-refractivity contribution >= 4 is 27.5 Å². The van der Waals surface area contributed by atoms with Crippen LogP contribution in [0.5, 0.6) is 0 Å². The number of allylic oxidation sites excluding steroid dienone is 1. The van der Waals surface area contributed by atoms with Gasteiger partial charge in [-0.15, -0.1) is 17.9 Å². The van der Waals surface area contributed by atoms with Crippen molar-refractivity contribution in [2.45, 2.75) is 39.0 Å². The van der Waals surface area contributed by atoms with Crippen LogP contribution in [0.1, 0.15) is 39.5 Å². The Bertz CT molecular complexity index is 1160. The summed E-state index contributed by atoms with van der Waals surface area (Å²) in [4.78, 5) is 35.7. The Morgan fingerprint density at radius 3 is 2.76 bits per heavy atom. The highest BCUT2D eigenvalue weighted by molar-refractivity contribution is 7.20. The van der Waals surface area contributed by atoms with Crippen LogP contribution in [0, 0.1) is 6.92 Å². The Labute approximate surface area is 202 Å². The van der Waals surface area contributed by atoms with Crippen LogP contribution in [0.3, 0.4) is 0 Å². The summed E-state index contributed by atoms with van der Waals surface area (Å²) in [5, 5.41) is 10.9. The number of aliphatic hydroxyl groups excluding tert-OH is 1. The van der Waals surface area contributed by atoms with Gasteiger partial charge in [-0.05, 0) is 30.9 Å². The van der Waals surface area contributed by atoms with Gasteiger partial charge in [-0.2, -0.15) is 0 Å². The number of ether oxygens (including phenoxy) is 2. The van der Waals surface area contributed by atoms with Crippen molar-refractivity contribution in [3.63, 3.8) is 0 Å². The standard InChI is InChI=1S/C25H31N3O5S/c1-4-5-11-19(29)15-28(14-18-9-7-6-8-10-18)16-20-26-23(30)21-17(2)22(34-24(21)27-20)25(31)33-13-12-32-3/h4,6-10,19,29H,1,5,11-16H2,2-3H3,(H,26,27,30). The summed E-state index contributed by atoms with van der Waals surface area (Å²) >= 11 is 1.15. The topological polar surface area (TPSA) is 105 Å². The molecule has 8 nitrogen and oxygen atoms in total. The van der Waals surface area contributed by atoms with E-state index in [-0.39, 0.29) is 12.2 Å². The van der Waals surface area contributed by atoms with Gasteiger partial charge in [0, 0.05) is 20.2 Å². The van der Waals surface area contributed by atoms with Gasteiger partial charge in [0.1, 0.15) is 22.1 Å². The first-order valence-electron chi connectivity index (χ1n) is 11.2. The molecule has 34 heavy (non-hydrogen) atoms. The van der Waals surface area contributed by atoms with Crippen LogP contribution in [-0.2, 0) is 22.6 Å². The molecule has 0 spiro atoms. The van der Waals surface area contributed by atoms with Crippen LogP contribution in [0.25, 0.3) is 10.2 Å². The number of hydrogen-bond acceptors (Lipinski definition) is 8. The number of thiophene rings is 1. The molecule has 0 aliphatic heterocycles. The average Bonchev–Trinajstić information content (AvgIpc) is 3.15. The number of methoxy groups -OCH3 is 1. The van der Waals surface area contributed by atoms with Gasteiger partial charge in [-0.25, -0.2) is 9.78 Å². The Kier molecular flexibility index (Phi) is 9.52. The molecule has 9 heteroatoms. The molecule has 2 aromatic heterocycles. The molecule has 2 N–H and O–H groups in total. The minimum Gasteiger partial charge on any atom is -0.459 e. The Morgan fingerprint density at radius 1 is 1.29 bits per heavy atom. The summed E-state index contributed by atoms with van der Waals surface area (Å²) in [6.07, 6.45) is 2.58. The van der Waals surface area contributed by atoms with Crippen LogP contribution in [0.2, 0.25) is 0 Å². The third-order valence-electron chi connectivity index (χ3n) is 5.35. The van der Waals surface area contributed by atoms with Crippen molar-refractivity contribution in [3.05, 3.63) is 75.2 Å². The van der Waals surface area contributed by atoms with E-state index < -0.39 is 12.1 Å². The van der Waals surface area contributed by atoms with E-state index in [1.54, 1.807) is 13.0 Å². The maximum Gasteiger partial charge on any atom is 0.348 e. The van der Waals surface area contributed by atoms with Crippen LogP contribution in [0.15, 0.2) is 47.8 Å². The number of rotatable bonds is 13. The van der Waals surface area contributed by atoms with Gasteiger partial charge in [-0.1, -0.05) is 36.4 Å². The van der Waals surface area contributed by atoms with Crippen molar-refractivity contribution in [2.75, 3.05) is 26.9 Å². The van der Waals surface area contributed by atoms with Gasteiger partial charge in [0.25, 0.3) is 5.56 Å². The van der Waals surface area contributed by atoms with Crippen LogP contribution < -0.4 is 5.56 Å². The molecule has 0 amide bonds. The number of aryl methyl sites for hydroxylation is 1. The maximum atomic E-state index is 12.9. The van der Waals surface area contributed by atoms with E-state index in [0.29, 0.717) is 59.1 Å². The molecule has 0 aliphatic rings. The van der Waals surface area contributed by atoms with Gasteiger partial charge in [0.05, 0.1) is 24.6 Å². The number of carbonyl (C=O) groups is 1. The van der Waals surface area contributed by atoms with E-state index in [9.17, 15) is 14.7 Å². The largest absolute Gasteiger partial charge is 0.459 e. The fraction of sp³-hybridized carbons (Fsp3) is 0.400. The minimum atomic E-state index is -0.533. The third-order valence-corrected chi connectivity index (χ3v) is 6.52. The first-order chi connectivity index (χ1) is 16.4. The molecule has 0 saturated carbocycles. The number of nitrogens with zero attached hydrogens (tertiary/aromatic N) is 2. The summed E-state index contributed by atoms with van der Waals surface area (Å²) in [7, 11) is 1.53. The SMILES string of the molecule is C=CCCC(O)CN(Cc1ccccc1)Cc1nc2sc(C(=O)OCCOC)c(C)c2c(=O)[nH]1. The molecule has 1 aromatic carbocycles. The number of carbonyl (C=O) groups excluding carboxylic acids is 1. The van der Waals surface area contributed by atoms with E-state index in [2.05, 4.69) is 16.5 Å². The smallest absolute Gasteiger partial charge is 0.348 e. The summed E-state index contributed by atoms with van der Waals surface area (Å²) < 4.78 is 10.1. The van der Waals surface area contributed by atoms with Crippen LogP contribution in [0.4, 0.5) is 0 Å². The van der Waals surface area contributed by atoms with Gasteiger partial charge < -0.3 is 19.6 Å². The second kappa shape index (κ2) is 12.6. The Balaban J connectivity index is 1.84. The lowest BCUT2D eigenvalue weighted by atomic mass is 10.1. The number of esters is 1.